The number of methoxy groups -OCH3 is 2. The van der Waals surface area contributed by atoms with E-state index in [1.54, 1.807) is 14.2 Å². The molecule has 4 nitrogen and oxygen atoms in total. The van der Waals surface area contributed by atoms with Crippen molar-refractivity contribution in [2.75, 3.05) is 33.5 Å². The highest BCUT2D eigenvalue weighted by Gasteiger charge is 2.06. The van der Waals surface area contributed by atoms with E-state index in [0.29, 0.717) is 0 Å². The second-order valence-corrected chi connectivity index (χ2v) is 5.46. The van der Waals surface area contributed by atoms with Crippen LogP contribution in [0.3, 0.4) is 0 Å². The van der Waals surface area contributed by atoms with Crippen molar-refractivity contribution in [3.63, 3.8) is 0 Å². The molecule has 0 aromatic heterocycles. The number of anilines is 1. The first-order valence-corrected chi connectivity index (χ1v) is 7.54. The molecule has 23 heavy (non-hydrogen) atoms. The van der Waals surface area contributed by atoms with Crippen LogP contribution in [0.2, 0.25) is 0 Å². The Bertz CT molecular complexity index is 651. The second-order valence-electron chi connectivity index (χ2n) is 5.46. The lowest BCUT2D eigenvalue weighted by Crippen LogP contribution is -2.17. The highest BCUT2D eigenvalue weighted by molar-refractivity contribution is 5.53. The van der Waals surface area contributed by atoms with Gasteiger partial charge in [-0.2, -0.15) is 0 Å². The highest BCUT2D eigenvalue weighted by Crippen LogP contribution is 2.27. The van der Waals surface area contributed by atoms with Crippen molar-refractivity contribution in [2.45, 2.75) is 6.54 Å². The van der Waals surface area contributed by atoms with Gasteiger partial charge in [0.05, 0.1) is 14.2 Å². The van der Waals surface area contributed by atoms with Crippen LogP contribution in [0.1, 0.15) is 11.1 Å². The van der Waals surface area contributed by atoms with E-state index < -0.39 is 0 Å². The summed E-state index contributed by atoms with van der Waals surface area (Å²) in [6, 6.07) is 13.9. The van der Waals surface area contributed by atoms with Gasteiger partial charge >= 0.3 is 0 Å². The van der Waals surface area contributed by atoms with E-state index in [2.05, 4.69) is 30.2 Å². The molecule has 2 rings (SSSR count). The van der Waals surface area contributed by atoms with E-state index in [0.717, 1.165) is 35.8 Å². The molecule has 0 unspecified atom stereocenters. The smallest absolute Gasteiger partial charge is 0.161 e. The zero-order valence-electron chi connectivity index (χ0n) is 14.0. The van der Waals surface area contributed by atoms with Gasteiger partial charge in [0.25, 0.3) is 0 Å². The van der Waals surface area contributed by atoms with Gasteiger partial charge in [-0.3, -0.25) is 4.90 Å². The van der Waals surface area contributed by atoms with Crippen LogP contribution in [0, 0.1) is 0 Å². The number of hydrogen-bond donors (Lipinski definition) is 1. The predicted octanol–water partition coefficient (Wildman–Crippen LogP) is 3.43. The average molecular weight is 312 g/mol. The van der Waals surface area contributed by atoms with Crippen molar-refractivity contribution >= 4 is 11.8 Å². The molecule has 122 valence electrons. The third-order valence-corrected chi connectivity index (χ3v) is 3.56. The lowest BCUT2D eigenvalue weighted by atomic mass is 10.2. The molecule has 0 heterocycles. The minimum Gasteiger partial charge on any atom is -0.493 e. The van der Waals surface area contributed by atoms with Crippen molar-refractivity contribution in [3.05, 3.63) is 59.7 Å². The van der Waals surface area contributed by atoms with Crippen LogP contribution in [0.15, 0.2) is 48.5 Å². The summed E-state index contributed by atoms with van der Waals surface area (Å²) in [4.78, 5) is 2.23. The van der Waals surface area contributed by atoms with Crippen molar-refractivity contribution in [1.82, 2.24) is 4.90 Å². The van der Waals surface area contributed by atoms with Gasteiger partial charge in [-0.1, -0.05) is 30.4 Å². The van der Waals surface area contributed by atoms with Crippen LogP contribution < -0.4 is 15.2 Å². The maximum Gasteiger partial charge on any atom is 0.161 e. The van der Waals surface area contributed by atoms with Gasteiger partial charge in [0, 0.05) is 18.8 Å². The van der Waals surface area contributed by atoms with Crippen LogP contribution in [-0.2, 0) is 6.54 Å². The van der Waals surface area contributed by atoms with Gasteiger partial charge in [-0.15, -0.1) is 0 Å². The van der Waals surface area contributed by atoms with Gasteiger partial charge in [-0.25, -0.2) is 0 Å². The van der Waals surface area contributed by atoms with E-state index in [-0.39, 0.29) is 0 Å². The lowest BCUT2D eigenvalue weighted by Gasteiger charge is -2.16. The number of rotatable bonds is 7. The monoisotopic (exact) mass is 312 g/mol. The highest BCUT2D eigenvalue weighted by atomic mass is 16.5. The van der Waals surface area contributed by atoms with Crippen LogP contribution in [0.25, 0.3) is 6.08 Å². The molecule has 0 atom stereocenters. The Labute approximate surface area is 138 Å². The molecule has 0 amide bonds. The molecule has 0 bridgehead atoms. The number of hydrogen-bond acceptors (Lipinski definition) is 4. The first kappa shape index (κ1) is 16.9. The number of nitrogens with two attached hydrogens (primary N) is 1. The molecular formula is C19H24N2O2. The van der Waals surface area contributed by atoms with E-state index in [1.165, 1.54) is 5.56 Å². The molecular weight excluding hydrogens is 288 g/mol. The zero-order chi connectivity index (χ0) is 16.7. The van der Waals surface area contributed by atoms with Crippen molar-refractivity contribution in [1.29, 1.82) is 0 Å². The molecule has 0 aliphatic heterocycles. The molecule has 0 radical (unpaired) electrons. The lowest BCUT2D eigenvalue weighted by molar-refractivity contribution is 0.347. The maximum atomic E-state index is 5.68. The molecule has 0 aliphatic carbocycles. The molecule has 0 saturated heterocycles. The minimum absolute atomic E-state index is 0.752. The average Bonchev–Trinajstić information content (AvgIpc) is 2.56. The molecule has 0 fully saturated rings. The van der Waals surface area contributed by atoms with Crippen molar-refractivity contribution in [3.8, 4) is 11.5 Å². The molecule has 2 aromatic rings. The summed E-state index contributed by atoms with van der Waals surface area (Å²) in [5.41, 5.74) is 8.80. The van der Waals surface area contributed by atoms with E-state index >= 15 is 0 Å². The summed E-state index contributed by atoms with van der Waals surface area (Å²) in [7, 11) is 5.39. The first-order chi connectivity index (χ1) is 11.1. The summed E-state index contributed by atoms with van der Waals surface area (Å²) in [5.74, 6) is 1.51. The Morgan fingerprint density at radius 3 is 2.35 bits per heavy atom. The summed E-state index contributed by atoms with van der Waals surface area (Å²) >= 11 is 0. The van der Waals surface area contributed by atoms with Gasteiger partial charge < -0.3 is 15.2 Å². The van der Waals surface area contributed by atoms with Crippen LogP contribution >= 0.6 is 0 Å². The molecule has 2 N–H and O–H groups in total. The Morgan fingerprint density at radius 2 is 1.70 bits per heavy atom. The zero-order valence-corrected chi connectivity index (χ0v) is 14.0. The number of nitrogen functional groups attached to an aromatic ring is 1. The van der Waals surface area contributed by atoms with E-state index in [1.807, 2.05) is 36.4 Å². The summed E-state index contributed by atoms with van der Waals surface area (Å²) in [6.07, 6.45) is 4.25. The minimum atomic E-state index is 0.752. The number of benzene rings is 2. The first-order valence-electron chi connectivity index (χ1n) is 7.54. The quantitative estimate of drug-likeness (QED) is 0.796. The normalized spacial score (nSPS) is 11.1. The van der Waals surface area contributed by atoms with Gasteiger partial charge in [0.15, 0.2) is 11.5 Å². The fraction of sp³-hybridized carbons (Fsp3) is 0.263. The number of ether oxygens (including phenoxy) is 2. The van der Waals surface area contributed by atoms with Crippen molar-refractivity contribution in [2.24, 2.45) is 0 Å². The van der Waals surface area contributed by atoms with E-state index in [4.69, 9.17) is 15.2 Å². The molecule has 0 aliphatic rings. The van der Waals surface area contributed by atoms with Crippen LogP contribution in [0.5, 0.6) is 11.5 Å². The van der Waals surface area contributed by atoms with Crippen LogP contribution in [0.4, 0.5) is 5.69 Å². The topological polar surface area (TPSA) is 47.7 Å². The Balaban J connectivity index is 1.91. The molecule has 0 saturated carbocycles. The Morgan fingerprint density at radius 1 is 1.00 bits per heavy atom. The molecule has 2 aromatic carbocycles. The van der Waals surface area contributed by atoms with E-state index in [9.17, 15) is 0 Å². The standard InChI is InChI=1S/C19H24N2O2/c1-21(12-4-5-15-6-9-17(20)10-7-15)14-16-8-11-18(22-2)19(13-16)23-3/h4-11,13H,12,14,20H2,1-3H3. The fourth-order valence-electron chi connectivity index (χ4n) is 2.33. The number of nitrogens with zero attached hydrogens (tertiary/aromatic N) is 1. The summed E-state index contributed by atoms with van der Waals surface area (Å²) in [5, 5.41) is 0. The molecule has 0 spiro atoms. The SMILES string of the molecule is COc1ccc(CN(C)CC=Cc2ccc(N)cc2)cc1OC. The number of likely N-dealkylation sites (N-methyl/N-ethyl adjacent to an activating group) is 1. The van der Waals surface area contributed by atoms with Gasteiger partial charge in [0.2, 0.25) is 0 Å². The molecule has 4 heteroatoms. The van der Waals surface area contributed by atoms with Crippen LogP contribution in [-0.4, -0.2) is 32.7 Å². The fourth-order valence-corrected chi connectivity index (χ4v) is 2.33. The summed E-state index contributed by atoms with van der Waals surface area (Å²) < 4.78 is 10.6. The third-order valence-electron chi connectivity index (χ3n) is 3.56. The summed E-state index contributed by atoms with van der Waals surface area (Å²) in [6.45, 7) is 1.70. The van der Waals surface area contributed by atoms with Gasteiger partial charge in [-0.05, 0) is 42.4 Å². The maximum absolute atomic E-state index is 5.68. The second kappa shape index (κ2) is 8.25. The van der Waals surface area contributed by atoms with Crippen molar-refractivity contribution < 1.29 is 9.47 Å². The Kier molecular flexibility index (Phi) is 6.06. The third kappa shape index (κ3) is 5.04. The Hall–Kier alpha value is -2.46. The largest absolute Gasteiger partial charge is 0.493 e. The predicted molar refractivity (Wildman–Crippen MR) is 95.8 cm³/mol. The van der Waals surface area contributed by atoms with Gasteiger partial charge in [0.1, 0.15) is 0 Å².